The summed E-state index contributed by atoms with van der Waals surface area (Å²) in [6.45, 7) is -0.0671. The number of halogens is 2. The van der Waals surface area contributed by atoms with Gasteiger partial charge in [-0.15, -0.1) is 5.10 Å². The minimum Gasteiger partial charge on any atom is -0.473 e. The van der Waals surface area contributed by atoms with Crippen LogP contribution in [0.3, 0.4) is 0 Å². The molecule has 2 saturated carbocycles. The normalized spacial score (nSPS) is 16.8. The number of ether oxygens (including phenoxy) is 1. The van der Waals surface area contributed by atoms with Crippen molar-refractivity contribution in [1.82, 2.24) is 20.1 Å². The Kier molecular flexibility index (Phi) is 5.79. The molecule has 0 aliphatic heterocycles. The predicted octanol–water partition coefficient (Wildman–Crippen LogP) is 2.54. The third kappa shape index (κ3) is 4.27. The minimum atomic E-state index is -3.27. The molecule has 1 N–H and O–H groups in total. The molecular weight excluding hydrogens is 499 g/mol. The highest BCUT2D eigenvalue weighted by atomic mass is 35.5. The van der Waals surface area contributed by atoms with Gasteiger partial charge in [-0.25, -0.2) is 12.8 Å². The number of pyridine rings is 1. The molecule has 2 fully saturated rings. The lowest BCUT2D eigenvalue weighted by atomic mass is 10.1. The quantitative estimate of drug-likeness (QED) is 0.484. The monoisotopic (exact) mass is 520 g/mol. The van der Waals surface area contributed by atoms with Crippen LogP contribution in [0.5, 0.6) is 5.88 Å². The molecular formula is C23H22ClFN4O5S. The second-order valence-corrected chi connectivity index (χ2v) is 12.1. The second kappa shape index (κ2) is 8.56. The standard InChI is InChI=1S/C23H22ClFN4O5S/c1-29-19-14(9-16(22(29)31)20(30)26-10-13-2-5-17(24)18(25)8-13)11-27-28-21(19)34-12-23(6-7-23)35(32,33)15-3-4-15/h2,5,8-9,11,15H,3-4,6-7,10,12H2,1H3,(H,26,30). The molecule has 2 aliphatic carbocycles. The van der Waals surface area contributed by atoms with Gasteiger partial charge in [-0.2, -0.15) is 5.10 Å². The van der Waals surface area contributed by atoms with Gasteiger partial charge in [0.15, 0.2) is 9.84 Å². The molecule has 0 saturated heterocycles. The van der Waals surface area contributed by atoms with Crippen molar-refractivity contribution in [1.29, 1.82) is 0 Å². The van der Waals surface area contributed by atoms with Crippen LogP contribution >= 0.6 is 11.6 Å². The van der Waals surface area contributed by atoms with Crippen molar-refractivity contribution in [3.05, 3.63) is 62.8 Å². The number of sulfone groups is 1. The molecule has 2 aliphatic rings. The van der Waals surface area contributed by atoms with Gasteiger partial charge >= 0.3 is 0 Å². The lowest BCUT2D eigenvalue weighted by Crippen LogP contribution is -2.34. The van der Waals surface area contributed by atoms with E-state index in [-0.39, 0.29) is 34.9 Å². The van der Waals surface area contributed by atoms with Gasteiger partial charge in [0, 0.05) is 19.0 Å². The molecule has 184 valence electrons. The average molecular weight is 521 g/mol. The number of carbonyl (C=O) groups is 1. The molecule has 0 radical (unpaired) electrons. The van der Waals surface area contributed by atoms with Crippen molar-refractivity contribution < 1.29 is 22.3 Å². The maximum atomic E-state index is 13.6. The number of carbonyl (C=O) groups excluding carboxylic acids is 1. The Morgan fingerprint density at radius 1 is 1.31 bits per heavy atom. The van der Waals surface area contributed by atoms with E-state index >= 15 is 0 Å². The average Bonchev–Trinajstić information content (AvgIpc) is 3.74. The van der Waals surface area contributed by atoms with Crippen LogP contribution in [-0.2, 0) is 23.4 Å². The molecule has 0 bridgehead atoms. The number of nitrogens with one attached hydrogen (secondary N) is 1. The number of hydrogen-bond acceptors (Lipinski definition) is 7. The number of amides is 1. The summed E-state index contributed by atoms with van der Waals surface area (Å²) in [7, 11) is -1.80. The zero-order chi connectivity index (χ0) is 25.0. The lowest BCUT2D eigenvalue weighted by molar-refractivity contribution is 0.0949. The first-order valence-corrected chi connectivity index (χ1v) is 13.0. The lowest BCUT2D eigenvalue weighted by Gasteiger charge is -2.17. The molecule has 35 heavy (non-hydrogen) atoms. The largest absolute Gasteiger partial charge is 0.473 e. The van der Waals surface area contributed by atoms with Crippen LogP contribution in [0.25, 0.3) is 10.9 Å². The first-order valence-electron chi connectivity index (χ1n) is 11.1. The van der Waals surface area contributed by atoms with Crippen molar-refractivity contribution in [2.75, 3.05) is 6.61 Å². The molecule has 12 heteroatoms. The summed E-state index contributed by atoms with van der Waals surface area (Å²) in [5.74, 6) is -1.22. The Balaban J connectivity index is 1.38. The van der Waals surface area contributed by atoms with Crippen molar-refractivity contribution >= 4 is 38.2 Å². The van der Waals surface area contributed by atoms with E-state index in [0.717, 1.165) is 0 Å². The topological polar surface area (TPSA) is 120 Å². The van der Waals surface area contributed by atoms with Crippen molar-refractivity contribution in [3.8, 4) is 5.88 Å². The van der Waals surface area contributed by atoms with Gasteiger partial charge in [-0.1, -0.05) is 17.7 Å². The van der Waals surface area contributed by atoms with Crippen LogP contribution in [0.15, 0.2) is 35.3 Å². The Bertz CT molecular complexity index is 1520. The highest BCUT2D eigenvalue weighted by Crippen LogP contribution is 2.50. The smallest absolute Gasteiger partial charge is 0.263 e. The van der Waals surface area contributed by atoms with Gasteiger partial charge in [-0.05, 0) is 49.4 Å². The molecule has 2 aromatic heterocycles. The molecule has 0 unspecified atom stereocenters. The number of rotatable bonds is 8. The molecule has 1 amide bonds. The van der Waals surface area contributed by atoms with Gasteiger partial charge in [0.2, 0.25) is 0 Å². The molecule has 3 aromatic rings. The van der Waals surface area contributed by atoms with Crippen molar-refractivity contribution in [3.63, 3.8) is 0 Å². The summed E-state index contributed by atoms with van der Waals surface area (Å²) in [6, 6.07) is 5.54. The van der Waals surface area contributed by atoms with Gasteiger partial charge in [0.25, 0.3) is 17.3 Å². The maximum absolute atomic E-state index is 13.6. The Morgan fingerprint density at radius 3 is 2.71 bits per heavy atom. The van der Waals surface area contributed by atoms with E-state index in [9.17, 15) is 22.4 Å². The van der Waals surface area contributed by atoms with E-state index in [1.54, 1.807) is 6.07 Å². The summed E-state index contributed by atoms with van der Waals surface area (Å²) in [4.78, 5) is 25.7. The molecule has 1 aromatic carbocycles. The highest BCUT2D eigenvalue weighted by molar-refractivity contribution is 7.94. The SMILES string of the molecule is Cn1c(=O)c(C(=O)NCc2ccc(Cl)c(F)c2)cc2cnnc(OCC3(S(=O)(=O)C4CC4)CC3)c21. The third-order valence-electron chi connectivity index (χ3n) is 6.52. The third-order valence-corrected chi connectivity index (χ3v) is 9.91. The van der Waals surface area contributed by atoms with Crippen LogP contribution in [0.4, 0.5) is 4.39 Å². The van der Waals surface area contributed by atoms with E-state index < -0.39 is 31.9 Å². The first-order chi connectivity index (χ1) is 16.6. The highest BCUT2D eigenvalue weighted by Gasteiger charge is 2.60. The van der Waals surface area contributed by atoms with E-state index in [2.05, 4.69) is 15.5 Å². The fourth-order valence-electron chi connectivity index (χ4n) is 4.09. The Morgan fingerprint density at radius 2 is 2.06 bits per heavy atom. The summed E-state index contributed by atoms with van der Waals surface area (Å²) in [6.07, 6.45) is 3.82. The fourth-order valence-corrected chi connectivity index (χ4v) is 6.56. The predicted molar refractivity (Wildman–Crippen MR) is 127 cm³/mol. The molecule has 5 rings (SSSR count). The molecule has 9 nitrogen and oxygen atoms in total. The number of hydrogen-bond donors (Lipinski definition) is 1. The van der Waals surface area contributed by atoms with Gasteiger partial charge < -0.3 is 14.6 Å². The number of nitrogens with zero attached hydrogens (tertiary/aromatic N) is 3. The van der Waals surface area contributed by atoms with Crippen LogP contribution in [0.2, 0.25) is 5.02 Å². The van der Waals surface area contributed by atoms with Crippen molar-refractivity contribution in [2.45, 2.75) is 42.2 Å². The summed E-state index contributed by atoms with van der Waals surface area (Å²) in [5.41, 5.74) is 0.0562. The summed E-state index contributed by atoms with van der Waals surface area (Å²) in [5, 5.41) is 10.6. The molecule has 0 spiro atoms. The number of benzene rings is 1. The first kappa shape index (κ1) is 23.7. The maximum Gasteiger partial charge on any atom is 0.263 e. The Hall–Kier alpha value is -3.05. The summed E-state index contributed by atoms with van der Waals surface area (Å²) < 4.78 is 45.3. The fraction of sp³-hybridized carbons (Fsp3) is 0.391. The van der Waals surface area contributed by atoms with Gasteiger partial charge in [0.1, 0.15) is 28.3 Å². The summed E-state index contributed by atoms with van der Waals surface area (Å²) >= 11 is 5.68. The van der Waals surface area contributed by atoms with Crippen LogP contribution < -0.4 is 15.6 Å². The number of aromatic nitrogens is 3. The zero-order valence-electron chi connectivity index (χ0n) is 18.8. The van der Waals surface area contributed by atoms with Gasteiger partial charge in [0.05, 0.1) is 16.5 Å². The van der Waals surface area contributed by atoms with E-state index in [4.69, 9.17) is 16.3 Å². The number of fused-ring (bicyclic) bond motifs is 1. The molecule has 0 atom stereocenters. The van der Waals surface area contributed by atoms with E-state index in [0.29, 0.717) is 42.1 Å². The minimum absolute atomic E-state index is 0.00534. The zero-order valence-corrected chi connectivity index (χ0v) is 20.3. The Labute approximate surface area is 205 Å². The van der Waals surface area contributed by atoms with E-state index in [1.807, 2.05) is 0 Å². The van der Waals surface area contributed by atoms with Crippen LogP contribution in [0.1, 0.15) is 41.6 Å². The van der Waals surface area contributed by atoms with Crippen molar-refractivity contribution in [2.24, 2.45) is 7.05 Å². The van der Waals surface area contributed by atoms with Crippen LogP contribution in [0, 0.1) is 5.82 Å². The van der Waals surface area contributed by atoms with Crippen LogP contribution in [-0.4, -0.2) is 45.7 Å². The second-order valence-electron chi connectivity index (χ2n) is 9.02. The van der Waals surface area contributed by atoms with E-state index in [1.165, 1.54) is 36.0 Å². The molecule has 2 heterocycles. The number of aryl methyl sites for hydroxylation is 1. The van der Waals surface area contributed by atoms with Gasteiger partial charge in [-0.3, -0.25) is 9.59 Å².